The van der Waals surface area contributed by atoms with E-state index in [4.69, 9.17) is 4.74 Å². The van der Waals surface area contributed by atoms with Crippen LogP contribution < -0.4 is 4.74 Å². The predicted octanol–water partition coefficient (Wildman–Crippen LogP) is 3.74. The zero-order chi connectivity index (χ0) is 24.8. The minimum absolute atomic E-state index is 0.00152. The van der Waals surface area contributed by atoms with Gasteiger partial charge in [-0.2, -0.15) is 5.10 Å². The van der Waals surface area contributed by atoms with Crippen LogP contribution in [0.4, 0.5) is 4.39 Å². The smallest absolute Gasteiger partial charge is 0.235 e. The van der Waals surface area contributed by atoms with Crippen molar-refractivity contribution in [1.82, 2.24) is 14.8 Å². The van der Waals surface area contributed by atoms with Gasteiger partial charge in [-0.15, -0.1) is 0 Å². The second-order valence-corrected chi connectivity index (χ2v) is 11.6. The van der Waals surface area contributed by atoms with Gasteiger partial charge in [0.25, 0.3) is 0 Å². The number of hydrogen-bond acceptors (Lipinski definition) is 7. The van der Waals surface area contributed by atoms with Crippen LogP contribution in [-0.4, -0.2) is 58.0 Å². The van der Waals surface area contributed by atoms with E-state index >= 15 is 0 Å². The van der Waals surface area contributed by atoms with Crippen molar-refractivity contribution in [2.24, 2.45) is 5.41 Å². The number of alkyl halides is 1. The first-order chi connectivity index (χ1) is 15.9. The number of hydrogen-bond donors (Lipinski definition) is 1. The maximum atomic E-state index is 13.3. The lowest BCUT2D eigenvalue weighted by atomic mass is 9.86. The number of rotatable bonds is 8. The SMILES string of the molecule is CC(F)Oc1cccc(-c2nn([C@@H](C)[C@@H](C)O)c3cc(C(=O)CC4(C)CS(=O)(=O)C4)cnc23)c1. The molecule has 1 aliphatic rings. The maximum absolute atomic E-state index is 13.3. The summed E-state index contributed by atoms with van der Waals surface area (Å²) in [7, 11) is -3.06. The van der Waals surface area contributed by atoms with Gasteiger partial charge >= 0.3 is 0 Å². The fourth-order valence-corrected chi connectivity index (χ4v) is 6.64. The average molecular weight is 490 g/mol. The van der Waals surface area contributed by atoms with Crippen molar-refractivity contribution in [3.05, 3.63) is 42.1 Å². The number of ketones is 1. The Kier molecular flexibility index (Phi) is 6.24. The number of benzene rings is 1. The number of halogens is 1. The largest absolute Gasteiger partial charge is 0.461 e. The topological polar surface area (TPSA) is 111 Å². The molecule has 1 saturated heterocycles. The molecule has 0 saturated carbocycles. The quantitative estimate of drug-likeness (QED) is 0.480. The molecule has 2 aromatic heterocycles. The molecule has 1 aromatic carbocycles. The van der Waals surface area contributed by atoms with Gasteiger partial charge < -0.3 is 9.84 Å². The molecule has 0 bridgehead atoms. The lowest BCUT2D eigenvalue weighted by Crippen LogP contribution is -2.47. The first-order valence-corrected chi connectivity index (χ1v) is 12.9. The molecule has 0 spiro atoms. The van der Waals surface area contributed by atoms with Crippen molar-refractivity contribution in [1.29, 1.82) is 0 Å². The third kappa shape index (κ3) is 4.83. The molecule has 1 N–H and O–H groups in total. The number of ether oxygens (including phenoxy) is 1. The Hall–Kier alpha value is -2.85. The maximum Gasteiger partial charge on any atom is 0.235 e. The Morgan fingerprint density at radius 2 is 1.97 bits per heavy atom. The van der Waals surface area contributed by atoms with Crippen LogP contribution in [-0.2, 0) is 9.84 Å². The van der Waals surface area contributed by atoms with Crippen LogP contribution >= 0.6 is 0 Å². The molecule has 3 aromatic rings. The van der Waals surface area contributed by atoms with E-state index in [-0.39, 0.29) is 23.7 Å². The molecule has 4 rings (SSSR count). The minimum Gasteiger partial charge on any atom is -0.461 e. The van der Waals surface area contributed by atoms with Gasteiger partial charge in [-0.05, 0) is 32.0 Å². The number of carbonyl (C=O) groups is 1. The summed E-state index contributed by atoms with van der Waals surface area (Å²) in [5.41, 5.74) is 2.02. The zero-order valence-electron chi connectivity index (χ0n) is 19.5. The van der Waals surface area contributed by atoms with Crippen molar-refractivity contribution in [3.8, 4) is 17.0 Å². The Labute approximate surface area is 197 Å². The van der Waals surface area contributed by atoms with Gasteiger partial charge in [-0.1, -0.05) is 19.1 Å². The van der Waals surface area contributed by atoms with Gasteiger partial charge in [0.2, 0.25) is 6.36 Å². The molecule has 3 atom stereocenters. The van der Waals surface area contributed by atoms with E-state index in [1.807, 2.05) is 0 Å². The monoisotopic (exact) mass is 489 g/mol. The fraction of sp³-hybridized carbons (Fsp3) is 0.458. The second-order valence-electron chi connectivity index (χ2n) is 9.50. The van der Waals surface area contributed by atoms with Crippen LogP contribution in [0.3, 0.4) is 0 Å². The molecule has 10 heteroatoms. The van der Waals surface area contributed by atoms with E-state index in [1.165, 1.54) is 13.1 Å². The highest BCUT2D eigenvalue weighted by Gasteiger charge is 2.45. The van der Waals surface area contributed by atoms with Crippen LogP contribution in [0.2, 0.25) is 0 Å². The third-order valence-electron chi connectivity index (χ3n) is 6.08. The predicted molar refractivity (Wildman–Crippen MR) is 126 cm³/mol. The van der Waals surface area contributed by atoms with Crippen molar-refractivity contribution in [2.75, 3.05) is 11.5 Å². The van der Waals surface area contributed by atoms with Gasteiger partial charge in [-0.25, -0.2) is 12.8 Å². The molecule has 1 fully saturated rings. The van der Waals surface area contributed by atoms with Crippen molar-refractivity contribution in [3.63, 3.8) is 0 Å². The molecule has 1 unspecified atom stereocenters. The number of nitrogens with zero attached hydrogens (tertiary/aromatic N) is 3. The first kappa shape index (κ1) is 24.3. The van der Waals surface area contributed by atoms with Crippen molar-refractivity contribution < 1.29 is 27.4 Å². The summed E-state index contributed by atoms with van der Waals surface area (Å²) in [4.78, 5) is 17.5. The summed E-state index contributed by atoms with van der Waals surface area (Å²) in [5.74, 6) is 0.143. The number of fused-ring (bicyclic) bond motifs is 1. The number of aromatic nitrogens is 3. The van der Waals surface area contributed by atoms with Crippen LogP contribution in [0.5, 0.6) is 5.75 Å². The Morgan fingerprint density at radius 1 is 1.26 bits per heavy atom. The lowest BCUT2D eigenvalue weighted by Gasteiger charge is -2.37. The van der Waals surface area contributed by atoms with Gasteiger partial charge in [0, 0.05) is 36.1 Å². The van der Waals surface area contributed by atoms with Gasteiger partial charge in [-0.3, -0.25) is 14.5 Å². The number of aliphatic hydroxyl groups is 1. The van der Waals surface area contributed by atoms with E-state index < -0.39 is 33.8 Å². The summed E-state index contributed by atoms with van der Waals surface area (Å²) >= 11 is 0. The van der Waals surface area contributed by atoms with Gasteiger partial charge in [0.15, 0.2) is 15.6 Å². The lowest BCUT2D eigenvalue weighted by molar-refractivity contribution is 0.0860. The summed E-state index contributed by atoms with van der Waals surface area (Å²) in [6.07, 6.45) is -0.628. The van der Waals surface area contributed by atoms with Gasteiger partial charge in [0.1, 0.15) is 17.0 Å². The van der Waals surface area contributed by atoms with E-state index in [0.717, 1.165) is 0 Å². The Bertz CT molecular complexity index is 1340. The number of carbonyl (C=O) groups excluding carboxylic acids is 1. The number of aliphatic hydroxyl groups excluding tert-OH is 1. The second kappa shape index (κ2) is 8.74. The van der Waals surface area contributed by atoms with Crippen LogP contribution in [0.15, 0.2) is 36.5 Å². The molecule has 8 nitrogen and oxygen atoms in total. The van der Waals surface area contributed by atoms with Crippen LogP contribution in [0, 0.1) is 5.41 Å². The Morgan fingerprint density at radius 3 is 2.59 bits per heavy atom. The molecular weight excluding hydrogens is 461 g/mol. The highest BCUT2D eigenvalue weighted by atomic mass is 32.2. The highest BCUT2D eigenvalue weighted by molar-refractivity contribution is 7.92. The summed E-state index contributed by atoms with van der Waals surface area (Å²) in [6.45, 7) is 6.54. The van der Waals surface area contributed by atoms with E-state index in [0.29, 0.717) is 33.6 Å². The van der Waals surface area contributed by atoms with Crippen molar-refractivity contribution >= 4 is 26.7 Å². The molecule has 3 heterocycles. The van der Waals surface area contributed by atoms with Gasteiger partial charge in [0.05, 0.1) is 29.2 Å². The van der Waals surface area contributed by atoms with Crippen LogP contribution in [0.1, 0.15) is 50.5 Å². The zero-order valence-corrected chi connectivity index (χ0v) is 20.3. The molecular formula is C24H28FN3O5S. The molecule has 0 aliphatic carbocycles. The number of Topliss-reactive ketones (excluding diaryl/α,β-unsaturated/α-hetero) is 1. The number of sulfone groups is 1. The standard InChI is InChI=1S/C24H28FN3O5S/c1-14(15(2)29)28-20-9-18(21(30)10-24(4)12-34(31,32)13-24)11-26-23(20)22(27-28)17-6-5-7-19(8-17)33-16(3)25/h5-9,11,14-16,29H,10,12-13H2,1-4H3/t14-,15+,16?/m0/s1. The van der Waals surface area contributed by atoms with E-state index in [1.54, 1.807) is 55.8 Å². The summed E-state index contributed by atoms with van der Waals surface area (Å²) < 4.78 is 43.3. The molecule has 182 valence electrons. The van der Waals surface area contributed by atoms with E-state index in [9.17, 15) is 22.7 Å². The van der Waals surface area contributed by atoms with E-state index in [2.05, 4.69) is 10.1 Å². The Balaban J connectivity index is 1.75. The molecule has 1 aliphatic heterocycles. The highest BCUT2D eigenvalue weighted by Crippen LogP contribution is 2.37. The molecule has 34 heavy (non-hydrogen) atoms. The van der Waals surface area contributed by atoms with Crippen LogP contribution in [0.25, 0.3) is 22.3 Å². The minimum atomic E-state index is -3.06. The molecule has 0 amide bonds. The third-order valence-corrected chi connectivity index (χ3v) is 8.36. The fourth-order valence-electron chi connectivity index (χ4n) is 4.40. The summed E-state index contributed by atoms with van der Waals surface area (Å²) in [5, 5.41) is 14.9. The molecule has 0 radical (unpaired) electrons. The normalized spacial score (nSPS) is 19.2. The number of pyridine rings is 1. The first-order valence-electron chi connectivity index (χ1n) is 11.1. The average Bonchev–Trinajstić information content (AvgIpc) is 3.09. The summed E-state index contributed by atoms with van der Waals surface area (Å²) in [6, 6.07) is 8.09. The van der Waals surface area contributed by atoms with Crippen molar-refractivity contribution in [2.45, 2.75) is 52.6 Å².